The Kier molecular flexibility index (Phi) is 4.49. The van der Waals surface area contributed by atoms with Gasteiger partial charge in [0.05, 0.1) is 6.54 Å². The maximum Gasteiger partial charge on any atom is 0.191 e. The normalized spacial score (nSPS) is 29.3. The molecule has 3 atom stereocenters. The second kappa shape index (κ2) is 5.91. The van der Waals surface area contributed by atoms with Crippen molar-refractivity contribution in [2.24, 2.45) is 16.8 Å². The highest BCUT2D eigenvalue weighted by molar-refractivity contribution is 5.80. The second-order valence-corrected chi connectivity index (χ2v) is 6.05. The molecule has 0 spiro atoms. The molecule has 0 aromatic heterocycles. The van der Waals surface area contributed by atoms with Gasteiger partial charge in [0.1, 0.15) is 0 Å². The lowest BCUT2D eigenvalue weighted by Gasteiger charge is -2.23. The SMILES string of the molecule is CCNC(=NCC(C1CC1)N(C)C)NC1CC1C. The highest BCUT2D eigenvalue weighted by atomic mass is 15.2. The number of nitrogens with one attached hydrogen (secondary N) is 2. The zero-order chi connectivity index (χ0) is 13.1. The Morgan fingerprint density at radius 2 is 2.06 bits per heavy atom. The molecular weight excluding hydrogens is 224 g/mol. The lowest BCUT2D eigenvalue weighted by atomic mass is 10.2. The van der Waals surface area contributed by atoms with Crippen molar-refractivity contribution in [3.63, 3.8) is 0 Å². The van der Waals surface area contributed by atoms with Crippen molar-refractivity contribution < 1.29 is 0 Å². The maximum atomic E-state index is 4.76. The Bertz CT molecular complexity index is 294. The third-order valence-electron chi connectivity index (χ3n) is 4.04. The number of likely N-dealkylation sites (N-methyl/N-ethyl adjacent to an activating group) is 1. The van der Waals surface area contributed by atoms with Gasteiger partial charge in [0.2, 0.25) is 0 Å². The number of hydrogen-bond acceptors (Lipinski definition) is 2. The molecule has 2 aliphatic carbocycles. The van der Waals surface area contributed by atoms with Crippen LogP contribution < -0.4 is 10.6 Å². The first kappa shape index (κ1) is 13.7. The van der Waals surface area contributed by atoms with Crippen LogP contribution in [0.1, 0.15) is 33.1 Å². The van der Waals surface area contributed by atoms with Crippen molar-refractivity contribution >= 4 is 5.96 Å². The van der Waals surface area contributed by atoms with E-state index in [0.29, 0.717) is 12.1 Å². The monoisotopic (exact) mass is 252 g/mol. The van der Waals surface area contributed by atoms with Crippen LogP contribution in [0.5, 0.6) is 0 Å². The van der Waals surface area contributed by atoms with Crippen LogP contribution in [-0.2, 0) is 0 Å². The lowest BCUT2D eigenvalue weighted by Crippen LogP contribution is -2.41. The molecular formula is C14H28N4. The summed E-state index contributed by atoms with van der Waals surface area (Å²) >= 11 is 0. The fraction of sp³-hybridized carbons (Fsp3) is 0.929. The molecule has 2 rings (SSSR count). The van der Waals surface area contributed by atoms with Gasteiger partial charge in [-0.15, -0.1) is 0 Å². The van der Waals surface area contributed by atoms with Crippen molar-refractivity contribution in [1.29, 1.82) is 0 Å². The first-order chi connectivity index (χ1) is 8.61. The van der Waals surface area contributed by atoms with Gasteiger partial charge in [-0.25, -0.2) is 0 Å². The maximum absolute atomic E-state index is 4.76. The number of guanidine groups is 1. The first-order valence-corrected chi connectivity index (χ1v) is 7.33. The van der Waals surface area contributed by atoms with Gasteiger partial charge in [-0.3, -0.25) is 4.99 Å². The molecule has 104 valence electrons. The predicted octanol–water partition coefficient (Wildman–Crippen LogP) is 1.29. The molecule has 0 amide bonds. The summed E-state index contributed by atoms with van der Waals surface area (Å²) in [5, 5.41) is 6.86. The van der Waals surface area contributed by atoms with Crippen molar-refractivity contribution in [3.05, 3.63) is 0 Å². The molecule has 3 unspecified atom stereocenters. The molecule has 4 heteroatoms. The van der Waals surface area contributed by atoms with E-state index in [1.54, 1.807) is 0 Å². The van der Waals surface area contributed by atoms with Crippen LogP contribution in [0.2, 0.25) is 0 Å². The molecule has 0 heterocycles. The highest BCUT2D eigenvalue weighted by Crippen LogP contribution is 2.34. The summed E-state index contributed by atoms with van der Waals surface area (Å²) in [7, 11) is 4.34. The minimum Gasteiger partial charge on any atom is -0.357 e. The van der Waals surface area contributed by atoms with Gasteiger partial charge in [-0.2, -0.15) is 0 Å². The Balaban J connectivity index is 1.85. The van der Waals surface area contributed by atoms with Crippen molar-refractivity contribution in [2.45, 2.75) is 45.2 Å². The summed E-state index contributed by atoms with van der Waals surface area (Å²) in [5.74, 6) is 2.67. The summed E-state index contributed by atoms with van der Waals surface area (Å²) in [5.41, 5.74) is 0. The van der Waals surface area contributed by atoms with E-state index in [9.17, 15) is 0 Å². The zero-order valence-electron chi connectivity index (χ0n) is 12.2. The van der Waals surface area contributed by atoms with Gasteiger partial charge in [0, 0.05) is 18.6 Å². The summed E-state index contributed by atoms with van der Waals surface area (Å²) in [4.78, 5) is 7.09. The highest BCUT2D eigenvalue weighted by Gasteiger charge is 2.34. The lowest BCUT2D eigenvalue weighted by molar-refractivity contribution is 0.271. The number of hydrogen-bond donors (Lipinski definition) is 2. The first-order valence-electron chi connectivity index (χ1n) is 7.33. The molecule has 2 N–H and O–H groups in total. The van der Waals surface area contributed by atoms with Crippen LogP contribution in [0.15, 0.2) is 4.99 Å². The van der Waals surface area contributed by atoms with E-state index in [1.165, 1.54) is 19.3 Å². The van der Waals surface area contributed by atoms with Gasteiger partial charge < -0.3 is 15.5 Å². The second-order valence-electron chi connectivity index (χ2n) is 6.05. The standard InChI is InChI=1S/C14H28N4/c1-5-15-14(17-12-8-10(12)2)16-9-13(18(3)4)11-6-7-11/h10-13H,5-9H2,1-4H3,(H2,15,16,17). The molecule has 2 fully saturated rings. The quantitative estimate of drug-likeness (QED) is 0.553. The third-order valence-corrected chi connectivity index (χ3v) is 4.04. The van der Waals surface area contributed by atoms with E-state index in [2.05, 4.69) is 43.5 Å². The molecule has 0 aliphatic heterocycles. The fourth-order valence-electron chi connectivity index (χ4n) is 2.42. The van der Waals surface area contributed by atoms with Crippen molar-refractivity contribution in [3.8, 4) is 0 Å². The van der Waals surface area contributed by atoms with Gasteiger partial charge in [0.15, 0.2) is 5.96 Å². The Labute approximate surface area is 111 Å². The third kappa shape index (κ3) is 3.87. The average molecular weight is 252 g/mol. The average Bonchev–Trinajstić information content (AvgIpc) is 3.19. The van der Waals surface area contributed by atoms with Crippen molar-refractivity contribution in [2.75, 3.05) is 27.2 Å². The smallest absolute Gasteiger partial charge is 0.191 e. The van der Waals surface area contributed by atoms with Crippen LogP contribution >= 0.6 is 0 Å². The van der Waals surface area contributed by atoms with Crippen LogP contribution in [-0.4, -0.2) is 50.1 Å². The number of aliphatic imine (C=N–C) groups is 1. The number of rotatable bonds is 6. The van der Waals surface area contributed by atoms with Gasteiger partial charge in [-0.05, 0) is 52.1 Å². The van der Waals surface area contributed by atoms with Crippen LogP contribution in [0.25, 0.3) is 0 Å². The molecule has 0 saturated heterocycles. The Morgan fingerprint density at radius 1 is 1.39 bits per heavy atom. The van der Waals surface area contributed by atoms with E-state index in [-0.39, 0.29) is 0 Å². The molecule has 0 radical (unpaired) electrons. The molecule has 0 aromatic carbocycles. The van der Waals surface area contributed by atoms with Gasteiger partial charge >= 0.3 is 0 Å². The van der Waals surface area contributed by atoms with Crippen LogP contribution in [0.4, 0.5) is 0 Å². The molecule has 4 nitrogen and oxygen atoms in total. The zero-order valence-corrected chi connectivity index (χ0v) is 12.2. The van der Waals surface area contributed by atoms with E-state index < -0.39 is 0 Å². The van der Waals surface area contributed by atoms with Crippen LogP contribution in [0, 0.1) is 11.8 Å². The molecule has 18 heavy (non-hydrogen) atoms. The van der Waals surface area contributed by atoms with E-state index in [1.807, 2.05) is 0 Å². The topological polar surface area (TPSA) is 39.7 Å². The van der Waals surface area contributed by atoms with Crippen LogP contribution in [0.3, 0.4) is 0 Å². The Morgan fingerprint density at radius 3 is 2.50 bits per heavy atom. The summed E-state index contributed by atoms with van der Waals surface area (Å²) in [6, 6.07) is 1.25. The summed E-state index contributed by atoms with van der Waals surface area (Å²) < 4.78 is 0. The van der Waals surface area contributed by atoms with Gasteiger partial charge in [-0.1, -0.05) is 6.92 Å². The molecule has 0 bridgehead atoms. The molecule has 2 aliphatic rings. The van der Waals surface area contributed by atoms with E-state index in [4.69, 9.17) is 4.99 Å². The minimum atomic E-state index is 0.608. The minimum absolute atomic E-state index is 0.608. The fourth-order valence-corrected chi connectivity index (χ4v) is 2.42. The molecule has 0 aromatic rings. The summed E-state index contributed by atoms with van der Waals surface area (Å²) in [6.07, 6.45) is 4.04. The molecule has 2 saturated carbocycles. The Hall–Kier alpha value is -0.770. The predicted molar refractivity (Wildman–Crippen MR) is 76.9 cm³/mol. The summed E-state index contributed by atoms with van der Waals surface area (Å²) in [6.45, 7) is 6.25. The van der Waals surface area contributed by atoms with E-state index >= 15 is 0 Å². The largest absolute Gasteiger partial charge is 0.357 e. The number of nitrogens with zero attached hydrogens (tertiary/aromatic N) is 2. The van der Waals surface area contributed by atoms with Gasteiger partial charge in [0.25, 0.3) is 0 Å². The van der Waals surface area contributed by atoms with E-state index in [0.717, 1.165) is 30.9 Å². The van der Waals surface area contributed by atoms with Crippen molar-refractivity contribution in [1.82, 2.24) is 15.5 Å².